The summed E-state index contributed by atoms with van der Waals surface area (Å²) in [4.78, 5) is 38.1. The number of hydrogen-bond donors (Lipinski definition) is 0. The Morgan fingerprint density at radius 3 is 0.917 bits per heavy atom. The van der Waals surface area contributed by atoms with E-state index in [9.17, 15) is 14.4 Å². The van der Waals surface area contributed by atoms with Gasteiger partial charge in [0.2, 0.25) is 0 Å². The molecule has 0 saturated carbocycles. The predicted octanol–water partition coefficient (Wildman–Crippen LogP) is 20.3. The highest BCUT2D eigenvalue weighted by Crippen LogP contribution is 2.15. The van der Waals surface area contributed by atoms with Gasteiger partial charge in [-0.15, -0.1) is 0 Å². The number of carbonyl (C=O) groups excluding carboxylic acids is 3. The van der Waals surface area contributed by atoms with Crippen molar-refractivity contribution in [3.63, 3.8) is 0 Å². The van der Waals surface area contributed by atoms with Crippen LogP contribution in [0.2, 0.25) is 0 Å². The fourth-order valence-corrected chi connectivity index (χ4v) is 8.01. The fourth-order valence-electron chi connectivity index (χ4n) is 8.01. The maximum absolute atomic E-state index is 12.8. The van der Waals surface area contributed by atoms with Crippen molar-refractivity contribution in [2.45, 2.75) is 277 Å². The average Bonchev–Trinajstić information content (AvgIpc) is 3.38. The molecule has 72 heavy (non-hydrogen) atoms. The van der Waals surface area contributed by atoms with E-state index in [2.05, 4.69) is 130 Å². The van der Waals surface area contributed by atoms with Crippen LogP contribution in [0.25, 0.3) is 0 Å². The number of unbranched alkanes of at least 4 members (excludes halogenated alkanes) is 24. The highest BCUT2D eigenvalue weighted by atomic mass is 16.6. The minimum atomic E-state index is -0.790. The molecule has 0 saturated heterocycles. The Bertz CT molecular complexity index is 1470. The first kappa shape index (κ1) is 68.1. The molecule has 6 heteroatoms. The van der Waals surface area contributed by atoms with Gasteiger partial charge in [-0.25, -0.2) is 0 Å². The largest absolute Gasteiger partial charge is 0.462 e. The zero-order chi connectivity index (χ0) is 52.2. The topological polar surface area (TPSA) is 78.9 Å². The number of carbonyl (C=O) groups is 3. The summed E-state index contributed by atoms with van der Waals surface area (Å²) in [6.45, 7) is 6.42. The summed E-state index contributed by atoms with van der Waals surface area (Å²) < 4.78 is 16.8. The molecular formula is C66H110O6. The standard InChI is InChI=1S/C66H110O6/c1-4-7-10-13-16-19-22-24-26-28-29-30-31-32-33-34-35-36-37-39-40-42-44-47-50-53-56-59-65(68)71-62-63(61-70-64(67)58-55-52-49-46-21-18-15-12-9-6-3)72-66(69)60-57-54-51-48-45-43-41-38-27-25-23-20-17-14-11-8-5-2/h7,10,12,15-17,19-20,24-27,29-30,32-33,35-36,63H,4-6,8-9,11,13-14,18,21-23,28,31,34,37-62H2,1-3H3/b10-7-,15-12-,19-16-,20-17-,26-24-,27-25-,30-29-,33-32-,36-35-. The number of allylic oxidation sites excluding steroid dienone is 18. The van der Waals surface area contributed by atoms with Crippen LogP contribution < -0.4 is 0 Å². The van der Waals surface area contributed by atoms with Crippen LogP contribution in [0.4, 0.5) is 0 Å². The minimum Gasteiger partial charge on any atom is -0.462 e. The number of rotatable bonds is 53. The summed E-state index contributed by atoms with van der Waals surface area (Å²) in [5.41, 5.74) is 0. The molecule has 410 valence electrons. The van der Waals surface area contributed by atoms with Crippen LogP contribution in [0.3, 0.4) is 0 Å². The van der Waals surface area contributed by atoms with Gasteiger partial charge in [0.25, 0.3) is 0 Å². The van der Waals surface area contributed by atoms with E-state index in [4.69, 9.17) is 14.2 Å². The molecule has 1 atom stereocenters. The lowest BCUT2D eigenvalue weighted by atomic mass is 10.1. The fraction of sp³-hybridized carbons (Fsp3) is 0.682. The van der Waals surface area contributed by atoms with Gasteiger partial charge in [0.05, 0.1) is 0 Å². The lowest BCUT2D eigenvalue weighted by Crippen LogP contribution is -2.30. The van der Waals surface area contributed by atoms with Gasteiger partial charge < -0.3 is 14.2 Å². The summed E-state index contributed by atoms with van der Waals surface area (Å²) in [5, 5.41) is 0. The molecule has 0 aromatic heterocycles. The number of ether oxygens (including phenoxy) is 3. The van der Waals surface area contributed by atoms with E-state index >= 15 is 0 Å². The van der Waals surface area contributed by atoms with Crippen molar-refractivity contribution >= 4 is 17.9 Å². The highest BCUT2D eigenvalue weighted by Gasteiger charge is 2.19. The van der Waals surface area contributed by atoms with Crippen LogP contribution in [0, 0.1) is 0 Å². The molecule has 0 radical (unpaired) electrons. The number of esters is 3. The van der Waals surface area contributed by atoms with E-state index in [1.807, 2.05) is 0 Å². The third-order valence-electron chi connectivity index (χ3n) is 12.5. The molecule has 0 aromatic rings. The molecule has 0 amide bonds. The zero-order valence-electron chi connectivity index (χ0n) is 46.9. The lowest BCUT2D eigenvalue weighted by Gasteiger charge is -2.18. The Kier molecular flexibility index (Phi) is 56.4. The lowest BCUT2D eigenvalue weighted by molar-refractivity contribution is -0.167. The molecule has 0 N–H and O–H groups in total. The van der Waals surface area contributed by atoms with Crippen molar-refractivity contribution < 1.29 is 28.6 Å². The highest BCUT2D eigenvalue weighted by molar-refractivity contribution is 5.71. The number of hydrogen-bond acceptors (Lipinski definition) is 6. The van der Waals surface area contributed by atoms with Gasteiger partial charge in [-0.3, -0.25) is 14.4 Å². The molecule has 0 heterocycles. The molecular weight excluding hydrogens is 889 g/mol. The van der Waals surface area contributed by atoms with Crippen molar-refractivity contribution in [1.29, 1.82) is 0 Å². The van der Waals surface area contributed by atoms with Gasteiger partial charge in [-0.2, -0.15) is 0 Å². The van der Waals surface area contributed by atoms with Gasteiger partial charge in [-0.1, -0.05) is 239 Å². The summed E-state index contributed by atoms with van der Waals surface area (Å²) in [7, 11) is 0. The van der Waals surface area contributed by atoms with Crippen LogP contribution in [-0.2, 0) is 28.6 Å². The Hall–Kier alpha value is -3.93. The maximum atomic E-state index is 12.8. The van der Waals surface area contributed by atoms with Gasteiger partial charge >= 0.3 is 17.9 Å². The van der Waals surface area contributed by atoms with Gasteiger partial charge in [0.1, 0.15) is 13.2 Å². The van der Waals surface area contributed by atoms with E-state index < -0.39 is 6.10 Å². The van der Waals surface area contributed by atoms with Crippen LogP contribution in [0.15, 0.2) is 109 Å². The average molecular weight is 1000 g/mol. The molecule has 0 aliphatic rings. The van der Waals surface area contributed by atoms with Crippen molar-refractivity contribution in [3.05, 3.63) is 109 Å². The predicted molar refractivity (Wildman–Crippen MR) is 311 cm³/mol. The van der Waals surface area contributed by atoms with Crippen molar-refractivity contribution in [3.8, 4) is 0 Å². The Labute approximate surface area is 444 Å². The summed E-state index contributed by atoms with van der Waals surface area (Å²) in [6, 6.07) is 0. The Morgan fingerprint density at radius 1 is 0.292 bits per heavy atom. The van der Waals surface area contributed by atoms with Crippen LogP contribution in [0.5, 0.6) is 0 Å². The van der Waals surface area contributed by atoms with Gasteiger partial charge in [0, 0.05) is 19.3 Å². The van der Waals surface area contributed by atoms with E-state index in [0.717, 1.165) is 135 Å². The second-order valence-corrected chi connectivity index (χ2v) is 19.5. The molecule has 1 unspecified atom stereocenters. The summed E-state index contributed by atoms with van der Waals surface area (Å²) >= 11 is 0. The zero-order valence-corrected chi connectivity index (χ0v) is 46.9. The first-order valence-corrected chi connectivity index (χ1v) is 29.9. The van der Waals surface area contributed by atoms with E-state index in [0.29, 0.717) is 19.3 Å². The summed E-state index contributed by atoms with van der Waals surface area (Å²) in [5.74, 6) is -0.914. The summed E-state index contributed by atoms with van der Waals surface area (Å²) in [6.07, 6.45) is 80.9. The van der Waals surface area contributed by atoms with Gasteiger partial charge in [0.15, 0.2) is 6.10 Å². The van der Waals surface area contributed by atoms with Crippen LogP contribution in [0.1, 0.15) is 271 Å². The molecule has 0 aliphatic carbocycles. The third-order valence-corrected chi connectivity index (χ3v) is 12.5. The monoisotopic (exact) mass is 999 g/mol. The minimum absolute atomic E-state index is 0.0890. The smallest absolute Gasteiger partial charge is 0.306 e. The quantitative estimate of drug-likeness (QED) is 0.0261. The first-order valence-electron chi connectivity index (χ1n) is 29.9. The van der Waals surface area contributed by atoms with Crippen molar-refractivity contribution in [1.82, 2.24) is 0 Å². The second-order valence-electron chi connectivity index (χ2n) is 19.5. The molecule has 0 aromatic carbocycles. The Morgan fingerprint density at radius 2 is 0.569 bits per heavy atom. The second kappa shape index (κ2) is 59.6. The van der Waals surface area contributed by atoms with Crippen molar-refractivity contribution in [2.24, 2.45) is 0 Å². The Balaban J connectivity index is 4.29. The van der Waals surface area contributed by atoms with Gasteiger partial charge in [-0.05, 0) is 122 Å². The molecule has 0 bridgehead atoms. The molecule has 0 rings (SSSR count). The third kappa shape index (κ3) is 57.0. The van der Waals surface area contributed by atoms with Crippen molar-refractivity contribution in [2.75, 3.05) is 13.2 Å². The van der Waals surface area contributed by atoms with Crippen LogP contribution >= 0.6 is 0 Å². The normalized spacial score (nSPS) is 12.9. The first-order chi connectivity index (χ1) is 35.5. The molecule has 6 nitrogen and oxygen atoms in total. The van der Waals surface area contributed by atoms with E-state index in [1.54, 1.807) is 0 Å². The van der Waals surface area contributed by atoms with E-state index in [1.165, 1.54) is 96.3 Å². The molecule has 0 spiro atoms. The SMILES string of the molecule is CC/C=C\C/C=C\C/C=C\C/C=C\C/C=C\C/C=C\CCCCCCCCCCC(=O)OCC(COC(=O)CCCCCCC/C=C\CCC)OC(=O)CCCCCCCCC/C=C\C/C=C\CCCCC. The van der Waals surface area contributed by atoms with E-state index in [-0.39, 0.29) is 31.1 Å². The molecule has 0 fully saturated rings. The molecule has 0 aliphatic heterocycles. The maximum Gasteiger partial charge on any atom is 0.306 e. The van der Waals surface area contributed by atoms with Crippen LogP contribution in [-0.4, -0.2) is 37.2 Å².